The van der Waals surface area contributed by atoms with Gasteiger partial charge in [0.25, 0.3) is 0 Å². The van der Waals surface area contributed by atoms with Crippen LogP contribution in [0.5, 0.6) is 0 Å². The predicted molar refractivity (Wildman–Crippen MR) is 134 cm³/mol. The lowest BCUT2D eigenvalue weighted by Gasteiger charge is -2.29. The van der Waals surface area contributed by atoms with Crippen LogP contribution < -0.4 is 9.62 Å². The quantitative estimate of drug-likeness (QED) is 0.450. The molecule has 3 rings (SSSR count). The Morgan fingerprint density at radius 3 is 2.28 bits per heavy atom. The van der Waals surface area contributed by atoms with Crippen molar-refractivity contribution >= 4 is 39.1 Å². The topological polar surface area (TPSA) is 66.5 Å². The summed E-state index contributed by atoms with van der Waals surface area (Å²) < 4.78 is 26.3. The molecule has 32 heavy (non-hydrogen) atoms. The lowest BCUT2D eigenvalue weighted by molar-refractivity contribution is -0.116. The van der Waals surface area contributed by atoms with Crippen molar-refractivity contribution in [1.82, 2.24) is 0 Å². The minimum atomic E-state index is -3.66. The molecule has 168 valence electrons. The average molecular weight is 469 g/mol. The van der Waals surface area contributed by atoms with E-state index in [0.717, 1.165) is 28.7 Å². The standard InChI is InChI=1S/C25H28N2O3S2/c1-18-10-11-19(2)24(16-18)27(32(4,29)30)20(3)25(28)26-22-14-12-21(13-15-22)17-31-23-8-6-5-7-9-23/h5-16,20H,17H2,1-4H3,(H,26,28)/t20-/m0/s1. The van der Waals surface area contributed by atoms with Crippen LogP contribution in [-0.2, 0) is 20.6 Å². The summed E-state index contributed by atoms with van der Waals surface area (Å²) in [6.45, 7) is 5.33. The summed E-state index contributed by atoms with van der Waals surface area (Å²) in [5.41, 5.74) is 4.00. The van der Waals surface area contributed by atoms with E-state index in [-0.39, 0.29) is 5.91 Å². The maximum atomic E-state index is 12.9. The first-order valence-corrected chi connectivity index (χ1v) is 13.1. The molecule has 0 saturated heterocycles. The van der Waals surface area contributed by atoms with Crippen LogP contribution in [0.3, 0.4) is 0 Å². The Morgan fingerprint density at radius 2 is 1.66 bits per heavy atom. The van der Waals surface area contributed by atoms with E-state index in [9.17, 15) is 13.2 Å². The van der Waals surface area contributed by atoms with Crippen molar-refractivity contribution in [1.29, 1.82) is 0 Å². The van der Waals surface area contributed by atoms with Crippen LogP contribution in [0.1, 0.15) is 23.6 Å². The molecule has 0 aliphatic heterocycles. The van der Waals surface area contributed by atoms with Gasteiger partial charge in [-0.25, -0.2) is 8.42 Å². The SMILES string of the molecule is Cc1ccc(C)c(N([C@@H](C)C(=O)Nc2ccc(CSc3ccccc3)cc2)S(C)(=O)=O)c1. The van der Waals surface area contributed by atoms with E-state index in [4.69, 9.17) is 0 Å². The average Bonchev–Trinajstić information content (AvgIpc) is 2.75. The Morgan fingerprint density at radius 1 is 1.00 bits per heavy atom. The Hall–Kier alpha value is -2.77. The molecule has 0 unspecified atom stereocenters. The highest BCUT2D eigenvalue weighted by Crippen LogP contribution is 2.27. The van der Waals surface area contributed by atoms with E-state index in [1.807, 2.05) is 68.4 Å². The van der Waals surface area contributed by atoms with Gasteiger partial charge in [-0.1, -0.05) is 42.5 Å². The monoisotopic (exact) mass is 468 g/mol. The van der Waals surface area contributed by atoms with Crippen molar-refractivity contribution in [2.24, 2.45) is 0 Å². The highest BCUT2D eigenvalue weighted by atomic mass is 32.2. The zero-order valence-corrected chi connectivity index (χ0v) is 20.3. The van der Waals surface area contributed by atoms with E-state index in [0.29, 0.717) is 11.4 Å². The summed E-state index contributed by atoms with van der Waals surface area (Å²) >= 11 is 1.74. The number of benzene rings is 3. The molecular formula is C25H28N2O3S2. The van der Waals surface area contributed by atoms with Crippen LogP contribution in [0.2, 0.25) is 0 Å². The largest absolute Gasteiger partial charge is 0.324 e. The molecule has 0 fully saturated rings. The molecule has 5 nitrogen and oxygen atoms in total. The van der Waals surface area contributed by atoms with Crippen molar-refractivity contribution in [3.05, 3.63) is 89.5 Å². The van der Waals surface area contributed by atoms with Gasteiger partial charge in [0.1, 0.15) is 6.04 Å². The number of amides is 1. The third kappa shape index (κ3) is 6.14. The van der Waals surface area contributed by atoms with Gasteiger partial charge in [0.15, 0.2) is 0 Å². The molecule has 0 bridgehead atoms. The number of hydrogen-bond donors (Lipinski definition) is 1. The second kappa shape index (κ2) is 10.2. The Bertz CT molecular complexity index is 1180. The maximum Gasteiger partial charge on any atom is 0.247 e. The third-order valence-electron chi connectivity index (χ3n) is 5.06. The predicted octanol–water partition coefficient (Wildman–Crippen LogP) is 5.39. The highest BCUT2D eigenvalue weighted by molar-refractivity contribution is 7.98. The van der Waals surface area contributed by atoms with E-state index in [1.54, 1.807) is 24.8 Å². The summed E-state index contributed by atoms with van der Waals surface area (Å²) in [4.78, 5) is 14.1. The molecular weight excluding hydrogens is 440 g/mol. The van der Waals surface area contributed by atoms with Crippen LogP contribution in [0.15, 0.2) is 77.7 Å². The first kappa shape index (κ1) is 23.9. The highest BCUT2D eigenvalue weighted by Gasteiger charge is 2.30. The first-order chi connectivity index (χ1) is 15.1. The Balaban J connectivity index is 1.71. The van der Waals surface area contributed by atoms with E-state index in [2.05, 4.69) is 17.4 Å². The van der Waals surface area contributed by atoms with Crippen LogP contribution in [0.25, 0.3) is 0 Å². The van der Waals surface area contributed by atoms with Gasteiger partial charge in [0.2, 0.25) is 15.9 Å². The lowest BCUT2D eigenvalue weighted by Crippen LogP contribution is -2.45. The molecule has 1 amide bonds. The lowest BCUT2D eigenvalue weighted by atomic mass is 10.1. The molecule has 1 atom stereocenters. The smallest absolute Gasteiger partial charge is 0.247 e. The number of nitrogens with one attached hydrogen (secondary N) is 1. The van der Waals surface area contributed by atoms with Gasteiger partial charge >= 0.3 is 0 Å². The minimum Gasteiger partial charge on any atom is -0.324 e. The fourth-order valence-electron chi connectivity index (χ4n) is 3.35. The number of rotatable bonds is 8. The van der Waals surface area contributed by atoms with Gasteiger partial charge < -0.3 is 5.32 Å². The second-order valence-electron chi connectivity index (χ2n) is 7.81. The molecule has 0 spiro atoms. The molecule has 1 N–H and O–H groups in total. The molecule has 3 aromatic carbocycles. The first-order valence-electron chi connectivity index (χ1n) is 10.3. The number of thioether (sulfide) groups is 1. The normalized spacial score (nSPS) is 12.2. The summed E-state index contributed by atoms with van der Waals surface area (Å²) in [6.07, 6.45) is 1.12. The van der Waals surface area contributed by atoms with Crippen LogP contribution in [0, 0.1) is 13.8 Å². The van der Waals surface area contributed by atoms with E-state index < -0.39 is 16.1 Å². The van der Waals surface area contributed by atoms with Crippen molar-refractivity contribution < 1.29 is 13.2 Å². The summed E-state index contributed by atoms with van der Waals surface area (Å²) in [6, 6.07) is 22.5. The fourth-order valence-corrected chi connectivity index (χ4v) is 5.45. The van der Waals surface area contributed by atoms with Gasteiger partial charge in [-0.05, 0) is 67.8 Å². The summed E-state index contributed by atoms with van der Waals surface area (Å²) in [5.74, 6) is 0.436. The van der Waals surface area contributed by atoms with E-state index in [1.165, 1.54) is 9.20 Å². The fraction of sp³-hybridized carbons (Fsp3) is 0.240. The van der Waals surface area contributed by atoms with Crippen molar-refractivity contribution in [3.8, 4) is 0 Å². The molecule has 3 aromatic rings. The number of carbonyl (C=O) groups excluding carboxylic acids is 1. The third-order valence-corrected chi connectivity index (χ3v) is 7.37. The molecule has 0 saturated carbocycles. The van der Waals surface area contributed by atoms with Crippen molar-refractivity contribution in [2.75, 3.05) is 15.9 Å². The zero-order chi connectivity index (χ0) is 23.3. The van der Waals surface area contributed by atoms with Crippen LogP contribution >= 0.6 is 11.8 Å². The number of hydrogen-bond acceptors (Lipinski definition) is 4. The summed E-state index contributed by atoms with van der Waals surface area (Å²) in [7, 11) is -3.66. The van der Waals surface area contributed by atoms with Gasteiger partial charge in [0.05, 0.1) is 11.9 Å². The molecule has 0 aromatic heterocycles. The molecule has 0 aliphatic carbocycles. The molecule has 0 radical (unpaired) electrons. The molecule has 0 heterocycles. The van der Waals surface area contributed by atoms with Crippen molar-refractivity contribution in [2.45, 2.75) is 37.5 Å². The van der Waals surface area contributed by atoms with Gasteiger partial charge in [-0.15, -0.1) is 11.8 Å². The second-order valence-corrected chi connectivity index (χ2v) is 10.7. The zero-order valence-electron chi connectivity index (χ0n) is 18.7. The van der Waals surface area contributed by atoms with Crippen LogP contribution in [0.4, 0.5) is 11.4 Å². The molecule has 7 heteroatoms. The number of carbonyl (C=O) groups is 1. The number of anilines is 2. The van der Waals surface area contributed by atoms with Crippen LogP contribution in [-0.4, -0.2) is 26.6 Å². The number of aryl methyl sites for hydroxylation is 2. The van der Waals surface area contributed by atoms with E-state index >= 15 is 0 Å². The summed E-state index contributed by atoms with van der Waals surface area (Å²) in [5, 5.41) is 2.85. The van der Waals surface area contributed by atoms with Crippen molar-refractivity contribution in [3.63, 3.8) is 0 Å². The minimum absolute atomic E-state index is 0.386. The van der Waals surface area contributed by atoms with Gasteiger partial charge in [-0.2, -0.15) is 0 Å². The number of nitrogens with zero attached hydrogens (tertiary/aromatic N) is 1. The van der Waals surface area contributed by atoms with Gasteiger partial charge in [-0.3, -0.25) is 9.10 Å². The van der Waals surface area contributed by atoms with Gasteiger partial charge in [0, 0.05) is 16.3 Å². The Labute approximate surface area is 194 Å². The Kier molecular flexibility index (Phi) is 7.64. The maximum absolute atomic E-state index is 12.9. The molecule has 0 aliphatic rings. The number of sulfonamides is 1.